The first kappa shape index (κ1) is 11.2. The third kappa shape index (κ3) is 2.46. The molecule has 0 amide bonds. The summed E-state index contributed by atoms with van der Waals surface area (Å²) in [5, 5.41) is 2.83. The number of hydrogen-bond donors (Lipinski definition) is 1. The molecular weight excluding hydrogens is 217 g/mol. The van der Waals surface area contributed by atoms with Gasteiger partial charge in [0, 0.05) is 18.2 Å². The number of pyridine rings is 1. The number of nitrogens with zero attached hydrogens (tertiary/aromatic N) is 1. The number of rotatable bonds is 3. The zero-order chi connectivity index (χ0) is 11.8. The quantitative estimate of drug-likeness (QED) is 0.860. The van der Waals surface area contributed by atoms with Crippen molar-refractivity contribution < 1.29 is 13.2 Å². The van der Waals surface area contributed by atoms with Crippen LogP contribution >= 0.6 is 0 Å². The van der Waals surface area contributed by atoms with Crippen LogP contribution in [0.25, 0.3) is 0 Å². The summed E-state index contributed by atoms with van der Waals surface area (Å²) in [6, 6.07) is 2.23. The van der Waals surface area contributed by atoms with Crippen LogP contribution in [0.2, 0.25) is 0 Å². The number of aromatic nitrogens is 1. The van der Waals surface area contributed by atoms with Gasteiger partial charge in [-0.25, -0.2) is 4.98 Å². The summed E-state index contributed by atoms with van der Waals surface area (Å²) in [5.74, 6) is 0.541. The van der Waals surface area contributed by atoms with Gasteiger partial charge in [0.15, 0.2) is 0 Å². The van der Waals surface area contributed by atoms with E-state index in [9.17, 15) is 13.2 Å². The Morgan fingerprint density at radius 2 is 2.06 bits per heavy atom. The first-order valence-electron chi connectivity index (χ1n) is 5.33. The second kappa shape index (κ2) is 3.96. The maximum atomic E-state index is 12.6. The van der Waals surface area contributed by atoms with Crippen LogP contribution in [0.3, 0.4) is 0 Å². The second-order valence-corrected chi connectivity index (χ2v) is 3.97. The lowest BCUT2D eigenvalue weighted by Crippen LogP contribution is -2.09. The van der Waals surface area contributed by atoms with E-state index in [2.05, 4.69) is 10.3 Å². The Bertz CT molecular complexity index is 383. The summed E-state index contributed by atoms with van der Waals surface area (Å²) in [7, 11) is 0. The Labute approximate surface area is 91.9 Å². The largest absolute Gasteiger partial charge is 0.416 e. The van der Waals surface area contributed by atoms with Crippen LogP contribution in [0.15, 0.2) is 12.1 Å². The van der Waals surface area contributed by atoms with Gasteiger partial charge in [-0.15, -0.1) is 0 Å². The highest BCUT2D eigenvalue weighted by Gasteiger charge is 2.34. The standard InChI is InChI=1S/C11H13F3N2/c1-2-15-10-6-8(11(12,13)14)5-9(16-10)7-3-4-7/h5-7H,2-4H2,1H3,(H,15,16). The van der Waals surface area contributed by atoms with Gasteiger partial charge in [-0.05, 0) is 31.9 Å². The van der Waals surface area contributed by atoms with Crippen LogP contribution in [0.1, 0.15) is 36.9 Å². The number of halogens is 3. The first-order valence-corrected chi connectivity index (χ1v) is 5.33. The highest BCUT2D eigenvalue weighted by atomic mass is 19.4. The minimum atomic E-state index is -4.29. The molecule has 2 nitrogen and oxygen atoms in total. The monoisotopic (exact) mass is 230 g/mol. The van der Waals surface area contributed by atoms with Crippen LogP contribution in [0, 0.1) is 0 Å². The van der Waals surface area contributed by atoms with Crippen molar-refractivity contribution in [1.29, 1.82) is 0 Å². The highest BCUT2D eigenvalue weighted by Crippen LogP contribution is 2.41. The maximum absolute atomic E-state index is 12.6. The van der Waals surface area contributed by atoms with Gasteiger partial charge in [0.25, 0.3) is 0 Å². The van der Waals surface area contributed by atoms with Crippen molar-refractivity contribution >= 4 is 5.82 Å². The molecule has 1 N–H and O–H groups in total. The van der Waals surface area contributed by atoms with Crippen LogP contribution in [-0.4, -0.2) is 11.5 Å². The van der Waals surface area contributed by atoms with Crippen molar-refractivity contribution in [1.82, 2.24) is 4.98 Å². The zero-order valence-electron chi connectivity index (χ0n) is 8.93. The van der Waals surface area contributed by atoms with E-state index < -0.39 is 11.7 Å². The van der Waals surface area contributed by atoms with Gasteiger partial charge in [0.05, 0.1) is 5.56 Å². The molecule has 2 rings (SSSR count). The fourth-order valence-electron chi connectivity index (χ4n) is 1.58. The molecule has 0 aromatic carbocycles. The molecular formula is C11H13F3N2. The molecule has 1 aliphatic carbocycles. The average Bonchev–Trinajstić information content (AvgIpc) is 2.99. The molecule has 0 spiro atoms. The molecule has 1 aromatic rings. The molecule has 0 saturated heterocycles. The SMILES string of the molecule is CCNc1cc(C(F)(F)F)cc(C2CC2)n1. The maximum Gasteiger partial charge on any atom is 0.416 e. The molecule has 0 aliphatic heterocycles. The van der Waals surface area contributed by atoms with E-state index in [1.807, 2.05) is 6.92 Å². The predicted octanol–water partition coefficient (Wildman–Crippen LogP) is 3.41. The topological polar surface area (TPSA) is 24.9 Å². The minimum Gasteiger partial charge on any atom is -0.370 e. The molecule has 1 saturated carbocycles. The van der Waals surface area contributed by atoms with Crippen LogP contribution in [0.4, 0.5) is 19.0 Å². The van der Waals surface area contributed by atoms with E-state index in [0.29, 0.717) is 18.1 Å². The van der Waals surface area contributed by atoms with Crippen molar-refractivity contribution in [3.05, 3.63) is 23.4 Å². The average molecular weight is 230 g/mol. The van der Waals surface area contributed by atoms with Crippen LogP contribution in [0.5, 0.6) is 0 Å². The van der Waals surface area contributed by atoms with Gasteiger partial charge < -0.3 is 5.32 Å². The lowest BCUT2D eigenvalue weighted by molar-refractivity contribution is -0.137. The molecule has 5 heteroatoms. The Morgan fingerprint density at radius 3 is 2.56 bits per heavy atom. The number of alkyl halides is 3. The molecule has 16 heavy (non-hydrogen) atoms. The molecule has 1 aromatic heterocycles. The van der Waals surface area contributed by atoms with Gasteiger partial charge in [0.1, 0.15) is 5.82 Å². The summed E-state index contributed by atoms with van der Waals surface area (Å²) >= 11 is 0. The van der Waals surface area contributed by atoms with E-state index in [1.54, 1.807) is 0 Å². The van der Waals surface area contributed by atoms with E-state index in [4.69, 9.17) is 0 Å². The summed E-state index contributed by atoms with van der Waals surface area (Å²) in [6.07, 6.45) is -2.41. The minimum absolute atomic E-state index is 0.222. The van der Waals surface area contributed by atoms with E-state index in [1.165, 1.54) is 6.07 Å². The summed E-state index contributed by atoms with van der Waals surface area (Å²) in [5.41, 5.74) is -0.0499. The third-order valence-electron chi connectivity index (χ3n) is 2.53. The van der Waals surface area contributed by atoms with Gasteiger partial charge in [-0.1, -0.05) is 0 Å². The van der Waals surface area contributed by atoms with Crippen molar-refractivity contribution in [2.45, 2.75) is 31.9 Å². The highest BCUT2D eigenvalue weighted by molar-refractivity contribution is 5.42. The third-order valence-corrected chi connectivity index (χ3v) is 2.53. The van der Waals surface area contributed by atoms with Gasteiger partial charge in [-0.2, -0.15) is 13.2 Å². The van der Waals surface area contributed by atoms with E-state index >= 15 is 0 Å². The zero-order valence-corrected chi connectivity index (χ0v) is 8.93. The molecule has 0 bridgehead atoms. The number of hydrogen-bond acceptors (Lipinski definition) is 2. The summed E-state index contributed by atoms with van der Waals surface area (Å²) < 4.78 is 37.8. The normalized spacial score (nSPS) is 16.2. The summed E-state index contributed by atoms with van der Waals surface area (Å²) in [6.45, 7) is 2.40. The van der Waals surface area contributed by atoms with Crippen LogP contribution < -0.4 is 5.32 Å². The van der Waals surface area contributed by atoms with E-state index in [0.717, 1.165) is 18.9 Å². The van der Waals surface area contributed by atoms with Crippen molar-refractivity contribution in [3.63, 3.8) is 0 Å². The van der Waals surface area contributed by atoms with Crippen molar-refractivity contribution in [3.8, 4) is 0 Å². The van der Waals surface area contributed by atoms with Gasteiger partial charge in [-0.3, -0.25) is 0 Å². The van der Waals surface area contributed by atoms with Gasteiger partial charge in [0.2, 0.25) is 0 Å². The fraction of sp³-hybridized carbons (Fsp3) is 0.545. The summed E-state index contributed by atoms with van der Waals surface area (Å²) in [4.78, 5) is 4.19. The predicted molar refractivity (Wildman–Crippen MR) is 55.4 cm³/mol. The molecule has 0 atom stereocenters. The number of anilines is 1. The van der Waals surface area contributed by atoms with E-state index in [-0.39, 0.29) is 5.92 Å². The molecule has 0 unspecified atom stereocenters. The Morgan fingerprint density at radius 1 is 1.38 bits per heavy atom. The first-order chi connectivity index (χ1) is 7.50. The molecule has 0 radical (unpaired) electrons. The molecule has 1 fully saturated rings. The molecule has 88 valence electrons. The second-order valence-electron chi connectivity index (χ2n) is 3.97. The Hall–Kier alpha value is -1.26. The van der Waals surface area contributed by atoms with Crippen molar-refractivity contribution in [2.75, 3.05) is 11.9 Å². The Balaban J connectivity index is 2.36. The molecule has 1 aliphatic rings. The Kier molecular flexibility index (Phi) is 2.78. The van der Waals surface area contributed by atoms with Crippen molar-refractivity contribution in [2.24, 2.45) is 0 Å². The smallest absolute Gasteiger partial charge is 0.370 e. The fourth-order valence-corrected chi connectivity index (χ4v) is 1.58. The molecule has 1 heterocycles. The lowest BCUT2D eigenvalue weighted by Gasteiger charge is -2.11. The van der Waals surface area contributed by atoms with Crippen LogP contribution in [-0.2, 0) is 6.18 Å². The lowest BCUT2D eigenvalue weighted by atomic mass is 10.1. The number of nitrogens with one attached hydrogen (secondary N) is 1. The van der Waals surface area contributed by atoms with Gasteiger partial charge >= 0.3 is 6.18 Å².